The van der Waals surface area contributed by atoms with Crippen LogP contribution in [0.5, 0.6) is 5.75 Å². The van der Waals surface area contributed by atoms with Crippen molar-refractivity contribution in [1.82, 2.24) is 5.32 Å². The quantitative estimate of drug-likeness (QED) is 0.617. The Morgan fingerprint density at radius 2 is 1.55 bits per heavy atom. The van der Waals surface area contributed by atoms with Crippen LogP contribution < -0.4 is 15.7 Å². The molecule has 8 heteroatoms. The van der Waals surface area contributed by atoms with E-state index in [-0.39, 0.29) is 16.7 Å². The van der Waals surface area contributed by atoms with E-state index in [1.54, 1.807) is 32.0 Å². The highest BCUT2D eigenvalue weighted by Gasteiger charge is 2.38. The van der Waals surface area contributed by atoms with Gasteiger partial charge in [0, 0.05) is 28.9 Å². The Morgan fingerprint density at radius 3 is 2.07 bits per heavy atom. The fourth-order valence-corrected chi connectivity index (χ4v) is 3.60. The number of hydrogen-bond acceptors (Lipinski definition) is 8. The number of rotatable bonds is 4. The van der Waals surface area contributed by atoms with Gasteiger partial charge in [-0.25, -0.2) is 14.4 Å². The number of dihydropyridines is 1. The van der Waals surface area contributed by atoms with Crippen molar-refractivity contribution in [1.29, 1.82) is 0 Å². The van der Waals surface area contributed by atoms with Gasteiger partial charge in [-0.05, 0) is 31.5 Å². The first kappa shape index (κ1) is 20.2. The summed E-state index contributed by atoms with van der Waals surface area (Å²) >= 11 is 0. The van der Waals surface area contributed by atoms with Crippen LogP contribution in [0.15, 0.2) is 56.0 Å². The third kappa shape index (κ3) is 3.49. The molecule has 0 aliphatic carbocycles. The first-order chi connectivity index (χ1) is 13.8. The molecule has 0 saturated carbocycles. The molecule has 152 valence electrons. The third-order valence-corrected chi connectivity index (χ3v) is 4.87. The van der Waals surface area contributed by atoms with Gasteiger partial charge in [-0.3, -0.25) is 0 Å². The van der Waals surface area contributed by atoms with Crippen molar-refractivity contribution in [2.24, 2.45) is 0 Å². The highest BCUT2D eigenvalue weighted by atomic mass is 16.5. The van der Waals surface area contributed by atoms with Crippen LogP contribution in [-0.2, 0) is 19.1 Å². The van der Waals surface area contributed by atoms with Crippen molar-refractivity contribution >= 4 is 22.9 Å². The van der Waals surface area contributed by atoms with Gasteiger partial charge in [0.15, 0.2) is 0 Å². The molecule has 0 spiro atoms. The molecule has 1 aliphatic heterocycles. The van der Waals surface area contributed by atoms with Crippen LogP contribution in [0.3, 0.4) is 0 Å². The summed E-state index contributed by atoms with van der Waals surface area (Å²) in [5.74, 6) is -1.62. The number of nitrogens with one attached hydrogen (secondary N) is 1. The van der Waals surface area contributed by atoms with Crippen LogP contribution in [0.2, 0.25) is 0 Å². The molecule has 0 unspecified atom stereocenters. The molecular formula is C21H21NO7. The van der Waals surface area contributed by atoms with E-state index < -0.39 is 23.5 Å². The predicted octanol–water partition coefficient (Wildman–Crippen LogP) is 2.38. The fourth-order valence-electron chi connectivity index (χ4n) is 3.60. The number of methoxy groups -OCH3 is 3. The summed E-state index contributed by atoms with van der Waals surface area (Å²) < 4.78 is 20.4. The molecule has 1 aromatic carbocycles. The average molecular weight is 399 g/mol. The maximum Gasteiger partial charge on any atom is 0.336 e. The first-order valence-electron chi connectivity index (χ1n) is 8.79. The fraction of sp³-hybridized carbons (Fsp3) is 0.286. The van der Waals surface area contributed by atoms with Gasteiger partial charge >= 0.3 is 17.6 Å². The number of ether oxygens (including phenoxy) is 3. The second kappa shape index (κ2) is 7.83. The smallest absolute Gasteiger partial charge is 0.336 e. The van der Waals surface area contributed by atoms with Gasteiger partial charge in [0.2, 0.25) is 0 Å². The standard InChI is InChI=1S/C21H21NO7/c1-10-17(20(24)27-4)19(18(11(2)22-10)21(25)28-5)14-9-16(23)29-15-8-12(26-3)6-7-13(14)15/h6-9,19,22H,1-5H3. The van der Waals surface area contributed by atoms with E-state index in [1.165, 1.54) is 27.4 Å². The lowest BCUT2D eigenvalue weighted by atomic mass is 9.79. The number of esters is 2. The Bertz CT molecular complexity index is 1090. The predicted molar refractivity (Wildman–Crippen MR) is 104 cm³/mol. The lowest BCUT2D eigenvalue weighted by Gasteiger charge is -2.30. The monoisotopic (exact) mass is 399 g/mol. The largest absolute Gasteiger partial charge is 0.497 e. The van der Waals surface area contributed by atoms with Gasteiger partial charge in [0.25, 0.3) is 0 Å². The minimum Gasteiger partial charge on any atom is -0.497 e. The second-order valence-corrected chi connectivity index (χ2v) is 6.50. The van der Waals surface area contributed by atoms with Gasteiger partial charge in [0.1, 0.15) is 11.3 Å². The van der Waals surface area contributed by atoms with Gasteiger partial charge in [-0.2, -0.15) is 0 Å². The second-order valence-electron chi connectivity index (χ2n) is 6.50. The first-order valence-corrected chi connectivity index (χ1v) is 8.79. The summed E-state index contributed by atoms with van der Waals surface area (Å²) in [5.41, 5.74) is 1.53. The maximum atomic E-state index is 12.6. The van der Waals surface area contributed by atoms with Crippen LogP contribution >= 0.6 is 0 Å². The number of allylic oxidation sites excluding steroid dienone is 2. The summed E-state index contributed by atoms with van der Waals surface area (Å²) in [7, 11) is 4.01. The summed E-state index contributed by atoms with van der Waals surface area (Å²) in [5, 5.41) is 3.58. The lowest BCUT2D eigenvalue weighted by molar-refractivity contribution is -0.137. The zero-order valence-electron chi connectivity index (χ0n) is 16.7. The zero-order chi connectivity index (χ0) is 21.3. The molecule has 8 nitrogen and oxygen atoms in total. The minimum absolute atomic E-state index is 0.209. The molecule has 29 heavy (non-hydrogen) atoms. The van der Waals surface area contributed by atoms with Crippen LogP contribution in [-0.4, -0.2) is 33.3 Å². The Morgan fingerprint density at radius 1 is 0.966 bits per heavy atom. The topological polar surface area (TPSA) is 104 Å². The van der Waals surface area contributed by atoms with Crippen LogP contribution in [0, 0.1) is 0 Å². The normalized spacial score (nSPS) is 14.7. The molecule has 1 aliphatic rings. The molecule has 0 amide bonds. The lowest BCUT2D eigenvalue weighted by Crippen LogP contribution is -2.32. The van der Waals surface area contributed by atoms with Gasteiger partial charge < -0.3 is 23.9 Å². The third-order valence-electron chi connectivity index (χ3n) is 4.87. The van der Waals surface area contributed by atoms with E-state index in [0.29, 0.717) is 28.1 Å². The number of carbonyl (C=O) groups is 2. The highest BCUT2D eigenvalue weighted by molar-refractivity contribution is 6.01. The Labute approximate surface area is 166 Å². The Balaban J connectivity index is 2.39. The van der Waals surface area contributed by atoms with E-state index in [1.807, 2.05) is 0 Å². The summed E-state index contributed by atoms with van der Waals surface area (Å²) in [4.78, 5) is 37.6. The molecule has 0 bridgehead atoms. The number of benzene rings is 1. The number of fused-ring (bicyclic) bond motifs is 1. The van der Waals surface area contributed by atoms with E-state index in [9.17, 15) is 14.4 Å². The average Bonchev–Trinajstić information content (AvgIpc) is 2.70. The summed E-state index contributed by atoms with van der Waals surface area (Å²) in [6.45, 7) is 3.40. The molecule has 1 N–H and O–H groups in total. The molecule has 1 aromatic heterocycles. The van der Waals surface area contributed by atoms with Crippen LogP contribution in [0.25, 0.3) is 11.0 Å². The van der Waals surface area contributed by atoms with E-state index in [4.69, 9.17) is 18.6 Å². The molecule has 0 fully saturated rings. The van der Waals surface area contributed by atoms with Crippen molar-refractivity contribution in [3.05, 3.63) is 62.8 Å². The molecule has 2 heterocycles. The van der Waals surface area contributed by atoms with Crippen molar-refractivity contribution < 1.29 is 28.2 Å². The van der Waals surface area contributed by atoms with Crippen molar-refractivity contribution in [2.45, 2.75) is 19.8 Å². The van der Waals surface area contributed by atoms with E-state index >= 15 is 0 Å². The molecule has 2 aromatic rings. The van der Waals surface area contributed by atoms with Gasteiger partial charge in [-0.1, -0.05) is 0 Å². The van der Waals surface area contributed by atoms with Gasteiger partial charge in [-0.15, -0.1) is 0 Å². The molecule has 3 rings (SSSR count). The number of hydrogen-bond donors (Lipinski definition) is 1. The Kier molecular flexibility index (Phi) is 5.45. The van der Waals surface area contributed by atoms with E-state index in [2.05, 4.69) is 5.32 Å². The molecule has 0 saturated heterocycles. The van der Waals surface area contributed by atoms with Crippen LogP contribution in [0.1, 0.15) is 25.3 Å². The molecule has 0 atom stereocenters. The maximum absolute atomic E-state index is 12.6. The number of carbonyl (C=O) groups excluding carboxylic acids is 2. The van der Waals surface area contributed by atoms with E-state index in [0.717, 1.165) is 0 Å². The SMILES string of the molecule is COC(=O)C1=C(C)NC(C)=C(C(=O)OC)C1c1cc(=O)oc2cc(OC)ccc12. The molecule has 0 radical (unpaired) electrons. The van der Waals surface area contributed by atoms with Crippen molar-refractivity contribution in [3.8, 4) is 5.75 Å². The zero-order valence-corrected chi connectivity index (χ0v) is 16.7. The highest BCUT2D eigenvalue weighted by Crippen LogP contribution is 2.41. The summed E-state index contributed by atoms with van der Waals surface area (Å²) in [6, 6.07) is 6.26. The Hall–Kier alpha value is -3.55. The molecular weight excluding hydrogens is 378 g/mol. The van der Waals surface area contributed by atoms with Crippen molar-refractivity contribution in [3.63, 3.8) is 0 Å². The minimum atomic E-state index is -0.879. The van der Waals surface area contributed by atoms with Crippen molar-refractivity contribution in [2.75, 3.05) is 21.3 Å². The van der Waals surface area contributed by atoms with Gasteiger partial charge in [0.05, 0.1) is 38.4 Å². The van der Waals surface area contributed by atoms with Crippen LogP contribution in [0.4, 0.5) is 0 Å². The summed E-state index contributed by atoms with van der Waals surface area (Å²) in [6.07, 6.45) is 0.